The standard InChI is InChI=1S/C33H41F2N7O9/c1-2-50-32(49)40-14-12-39(13-15-40)31(48)23(10-11-28(44)45)37-29(46)24-16-27(42(38-24)22-6-4-3-5-7-22)51-19-26(43)41-20-33(34,35)17-25(41)30(47)36-18-21-8-9-21/h3-7,16,21,23,25H,2,8-15,17-20H2,1H3,(H,36,47)(H,37,46)(H,44,45). The van der Waals surface area contributed by atoms with E-state index >= 15 is 0 Å². The summed E-state index contributed by atoms with van der Waals surface area (Å²) in [6.45, 7) is 1.17. The molecule has 3 fully saturated rings. The van der Waals surface area contributed by atoms with Gasteiger partial charge in [0.05, 0.1) is 18.8 Å². The lowest BCUT2D eigenvalue weighted by Crippen LogP contribution is -2.56. The molecule has 5 amide bonds. The minimum absolute atomic E-state index is 0.108. The summed E-state index contributed by atoms with van der Waals surface area (Å²) >= 11 is 0. The van der Waals surface area contributed by atoms with Crippen LogP contribution < -0.4 is 15.4 Å². The molecule has 1 saturated carbocycles. The molecule has 51 heavy (non-hydrogen) atoms. The maximum Gasteiger partial charge on any atom is 0.409 e. The molecule has 2 aromatic rings. The molecule has 0 bridgehead atoms. The highest BCUT2D eigenvalue weighted by Crippen LogP contribution is 2.33. The monoisotopic (exact) mass is 717 g/mol. The number of hydrogen-bond donors (Lipinski definition) is 3. The minimum Gasteiger partial charge on any atom is -0.481 e. The van der Waals surface area contributed by atoms with Crippen molar-refractivity contribution in [3.8, 4) is 11.6 Å². The van der Waals surface area contributed by atoms with E-state index in [0.717, 1.165) is 17.7 Å². The fourth-order valence-electron chi connectivity index (χ4n) is 5.85. The number of nitrogens with zero attached hydrogens (tertiary/aromatic N) is 5. The number of ether oxygens (including phenoxy) is 2. The molecule has 16 nitrogen and oxygen atoms in total. The van der Waals surface area contributed by atoms with Gasteiger partial charge in [0.25, 0.3) is 17.7 Å². The number of aromatic nitrogens is 2. The van der Waals surface area contributed by atoms with Gasteiger partial charge in [-0.15, -0.1) is 0 Å². The number of hydrogen-bond acceptors (Lipinski definition) is 9. The smallest absolute Gasteiger partial charge is 0.409 e. The second kappa shape index (κ2) is 16.2. The quantitative estimate of drug-likeness (QED) is 0.257. The van der Waals surface area contributed by atoms with E-state index < -0.39 is 79.7 Å². The van der Waals surface area contributed by atoms with Crippen LogP contribution in [0.5, 0.6) is 5.88 Å². The van der Waals surface area contributed by atoms with Crippen LogP contribution in [0, 0.1) is 5.92 Å². The molecule has 2 saturated heterocycles. The Morgan fingerprint density at radius 3 is 2.37 bits per heavy atom. The number of piperazine rings is 1. The average molecular weight is 718 g/mol. The van der Waals surface area contributed by atoms with E-state index in [2.05, 4.69) is 15.7 Å². The highest BCUT2D eigenvalue weighted by atomic mass is 19.3. The topological polar surface area (TPSA) is 193 Å². The van der Waals surface area contributed by atoms with Gasteiger partial charge in [-0.25, -0.2) is 18.3 Å². The minimum atomic E-state index is -3.27. The van der Waals surface area contributed by atoms with Gasteiger partial charge in [0.15, 0.2) is 12.3 Å². The largest absolute Gasteiger partial charge is 0.481 e. The predicted octanol–water partition coefficient (Wildman–Crippen LogP) is 1.28. The first-order chi connectivity index (χ1) is 24.3. The molecule has 1 aromatic heterocycles. The molecule has 0 radical (unpaired) electrons. The Morgan fingerprint density at radius 1 is 1.04 bits per heavy atom. The predicted molar refractivity (Wildman–Crippen MR) is 173 cm³/mol. The lowest BCUT2D eigenvalue weighted by molar-refractivity contribution is -0.140. The van der Waals surface area contributed by atoms with E-state index in [1.807, 2.05) is 0 Å². The van der Waals surface area contributed by atoms with Crippen molar-refractivity contribution in [1.29, 1.82) is 0 Å². The molecule has 3 aliphatic rings. The van der Waals surface area contributed by atoms with Crippen LogP contribution in [0.15, 0.2) is 36.4 Å². The number of aliphatic carboxylic acids is 1. The summed E-state index contributed by atoms with van der Waals surface area (Å²) in [4.78, 5) is 80.1. The molecule has 5 rings (SSSR count). The van der Waals surface area contributed by atoms with Crippen LogP contribution >= 0.6 is 0 Å². The van der Waals surface area contributed by atoms with Gasteiger partial charge in [-0.2, -0.15) is 5.10 Å². The molecule has 276 valence electrons. The summed E-state index contributed by atoms with van der Waals surface area (Å²) in [5.41, 5.74) is 0.175. The van der Waals surface area contributed by atoms with E-state index in [-0.39, 0.29) is 50.8 Å². The summed E-state index contributed by atoms with van der Waals surface area (Å²) < 4.78 is 40.8. The summed E-state index contributed by atoms with van der Waals surface area (Å²) in [5.74, 6) is -7.16. The van der Waals surface area contributed by atoms with Crippen LogP contribution in [-0.2, 0) is 23.9 Å². The van der Waals surface area contributed by atoms with Crippen molar-refractivity contribution < 1.29 is 52.1 Å². The molecule has 0 spiro atoms. The molecular formula is C33H41F2N7O9. The number of carbonyl (C=O) groups is 6. The van der Waals surface area contributed by atoms with Crippen LogP contribution in [0.3, 0.4) is 0 Å². The zero-order chi connectivity index (χ0) is 36.7. The Morgan fingerprint density at radius 2 is 1.73 bits per heavy atom. The number of likely N-dealkylation sites (tertiary alicyclic amines) is 1. The number of carboxylic acid groups (broad SMARTS) is 1. The van der Waals surface area contributed by atoms with Gasteiger partial charge in [0, 0.05) is 51.6 Å². The number of rotatable bonds is 14. The number of benzene rings is 1. The van der Waals surface area contributed by atoms with E-state index in [1.165, 1.54) is 20.5 Å². The number of halogens is 2. The summed E-state index contributed by atoms with van der Waals surface area (Å²) in [5, 5.41) is 18.8. The number of carboxylic acids is 1. The van der Waals surface area contributed by atoms with E-state index in [9.17, 15) is 42.7 Å². The molecule has 2 aliphatic heterocycles. The fourth-order valence-corrected chi connectivity index (χ4v) is 5.85. The van der Waals surface area contributed by atoms with Gasteiger partial charge in [0.1, 0.15) is 12.1 Å². The zero-order valence-corrected chi connectivity index (χ0v) is 28.1. The van der Waals surface area contributed by atoms with Gasteiger partial charge in [-0.1, -0.05) is 18.2 Å². The molecule has 18 heteroatoms. The van der Waals surface area contributed by atoms with E-state index in [4.69, 9.17) is 9.47 Å². The third kappa shape index (κ3) is 9.70. The highest BCUT2D eigenvalue weighted by molar-refractivity contribution is 5.96. The van der Waals surface area contributed by atoms with E-state index in [0.29, 0.717) is 18.2 Å². The third-order valence-corrected chi connectivity index (χ3v) is 8.78. The maximum atomic E-state index is 14.4. The molecule has 3 N–H and O–H groups in total. The van der Waals surface area contributed by atoms with Gasteiger partial charge in [-0.3, -0.25) is 24.0 Å². The first kappa shape index (κ1) is 37.0. The molecule has 2 unspecified atom stereocenters. The van der Waals surface area contributed by atoms with Crippen LogP contribution in [-0.4, -0.2) is 136 Å². The van der Waals surface area contributed by atoms with Crippen molar-refractivity contribution in [1.82, 2.24) is 35.1 Å². The SMILES string of the molecule is CCOC(=O)N1CCN(C(=O)C(CCC(=O)O)NC(=O)c2cc(OCC(=O)N3CC(F)(F)CC3C(=O)NCC3CC3)n(-c3ccccc3)n2)CC1. The Hall–Kier alpha value is -5.29. The summed E-state index contributed by atoms with van der Waals surface area (Å²) in [6.07, 6.45) is -0.0930. The second-order valence-corrected chi connectivity index (χ2v) is 12.7. The number of para-hydroxylation sites is 1. The van der Waals surface area contributed by atoms with Crippen LogP contribution in [0.2, 0.25) is 0 Å². The van der Waals surface area contributed by atoms with Crippen molar-refractivity contribution in [2.75, 3.05) is 52.5 Å². The van der Waals surface area contributed by atoms with Crippen LogP contribution in [0.25, 0.3) is 5.69 Å². The fraction of sp³-hybridized carbons (Fsp3) is 0.545. The number of nitrogens with one attached hydrogen (secondary N) is 2. The third-order valence-electron chi connectivity index (χ3n) is 8.78. The maximum absolute atomic E-state index is 14.4. The van der Waals surface area contributed by atoms with Crippen LogP contribution in [0.1, 0.15) is 49.5 Å². The van der Waals surface area contributed by atoms with Gasteiger partial charge < -0.3 is 39.9 Å². The molecular weight excluding hydrogens is 676 g/mol. The Bertz CT molecular complexity index is 1610. The van der Waals surface area contributed by atoms with Crippen molar-refractivity contribution >= 4 is 35.7 Å². The van der Waals surface area contributed by atoms with Gasteiger partial charge in [0.2, 0.25) is 17.7 Å². The number of alkyl halides is 2. The highest BCUT2D eigenvalue weighted by Gasteiger charge is 2.50. The zero-order valence-electron chi connectivity index (χ0n) is 28.1. The van der Waals surface area contributed by atoms with Crippen LogP contribution in [0.4, 0.5) is 13.6 Å². The van der Waals surface area contributed by atoms with E-state index in [1.54, 1.807) is 37.3 Å². The lowest BCUT2D eigenvalue weighted by Gasteiger charge is -2.35. The Kier molecular flexibility index (Phi) is 11.7. The Labute approximate surface area is 292 Å². The van der Waals surface area contributed by atoms with Crippen molar-refractivity contribution in [3.63, 3.8) is 0 Å². The first-order valence-electron chi connectivity index (χ1n) is 16.8. The van der Waals surface area contributed by atoms with Gasteiger partial charge >= 0.3 is 12.1 Å². The Balaban J connectivity index is 1.29. The average Bonchev–Trinajstić information content (AvgIpc) is 3.75. The van der Waals surface area contributed by atoms with Crippen molar-refractivity contribution in [2.45, 2.75) is 57.0 Å². The van der Waals surface area contributed by atoms with Gasteiger partial charge in [-0.05, 0) is 44.2 Å². The summed E-state index contributed by atoms with van der Waals surface area (Å²) in [7, 11) is 0. The van der Waals surface area contributed by atoms with Crippen molar-refractivity contribution in [2.24, 2.45) is 5.92 Å². The molecule has 1 aromatic carbocycles. The lowest BCUT2D eigenvalue weighted by atomic mass is 10.1. The molecule has 1 aliphatic carbocycles. The number of amides is 5. The normalized spacial score (nSPS) is 18.9. The summed E-state index contributed by atoms with van der Waals surface area (Å²) in [6, 6.07) is 6.96. The molecule has 2 atom stereocenters. The second-order valence-electron chi connectivity index (χ2n) is 12.7. The molecule has 3 heterocycles. The van der Waals surface area contributed by atoms with Crippen molar-refractivity contribution in [3.05, 3.63) is 42.1 Å². The first-order valence-corrected chi connectivity index (χ1v) is 16.8. The number of carbonyl (C=O) groups excluding carboxylic acids is 5.